The van der Waals surface area contributed by atoms with Gasteiger partial charge in [-0.3, -0.25) is 4.79 Å². The minimum atomic E-state index is -0.530. The monoisotopic (exact) mass is 414 g/mol. The van der Waals surface area contributed by atoms with Gasteiger partial charge in [0.15, 0.2) is 10.8 Å². The third-order valence-corrected chi connectivity index (χ3v) is 5.57. The Bertz CT molecular complexity index is 1020. The Labute approximate surface area is 172 Å². The average Bonchev–Trinajstić information content (AvgIpc) is 3.16. The number of aromatic nitrogens is 4. The summed E-state index contributed by atoms with van der Waals surface area (Å²) in [5.74, 6) is -0.0354. The van der Waals surface area contributed by atoms with Crippen molar-refractivity contribution in [1.29, 1.82) is 0 Å². The lowest BCUT2D eigenvalue weighted by molar-refractivity contribution is 0.0948. The molecule has 3 aromatic rings. The van der Waals surface area contributed by atoms with Gasteiger partial charge < -0.3 is 10.2 Å². The van der Waals surface area contributed by atoms with Gasteiger partial charge in [0.05, 0.1) is 23.7 Å². The molecule has 0 aliphatic carbocycles. The number of thioether (sulfide) groups is 1. The van der Waals surface area contributed by atoms with Crippen LogP contribution >= 0.6 is 11.8 Å². The fraction of sp³-hybridized carbons (Fsp3) is 0.400. The Morgan fingerprint density at radius 2 is 2.00 bits per heavy atom. The van der Waals surface area contributed by atoms with Crippen molar-refractivity contribution >= 4 is 34.5 Å². The van der Waals surface area contributed by atoms with Crippen molar-refractivity contribution in [1.82, 2.24) is 25.1 Å². The van der Waals surface area contributed by atoms with E-state index in [1.165, 1.54) is 30.3 Å². The number of hydrogen-bond acceptors (Lipinski definition) is 6. The van der Waals surface area contributed by atoms with E-state index in [2.05, 4.69) is 20.3 Å². The molecule has 2 aromatic heterocycles. The number of amides is 1. The van der Waals surface area contributed by atoms with Crippen molar-refractivity contribution in [2.24, 2.45) is 0 Å². The van der Waals surface area contributed by atoms with E-state index < -0.39 is 11.7 Å². The first-order chi connectivity index (χ1) is 14.2. The summed E-state index contributed by atoms with van der Waals surface area (Å²) in [4.78, 5) is 23.9. The lowest BCUT2D eigenvalue weighted by Crippen LogP contribution is -2.30. The summed E-state index contributed by atoms with van der Waals surface area (Å²) in [5.41, 5.74) is 0.794. The van der Waals surface area contributed by atoms with Crippen LogP contribution in [0.5, 0.6) is 0 Å². The van der Waals surface area contributed by atoms with Gasteiger partial charge >= 0.3 is 0 Å². The van der Waals surface area contributed by atoms with Crippen LogP contribution in [0, 0.1) is 5.82 Å². The molecule has 1 aromatic carbocycles. The normalized spacial score (nSPS) is 14.3. The molecule has 0 atom stereocenters. The first-order valence-corrected chi connectivity index (χ1v) is 10.9. The molecule has 0 bridgehead atoms. The number of hydrogen-bond donors (Lipinski definition) is 1. The summed E-state index contributed by atoms with van der Waals surface area (Å²) in [6.07, 6.45) is 7.33. The Hall–Kier alpha value is -2.68. The third-order valence-electron chi connectivity index (χ3n) is 5.02. The van der Waals surface area contributed by atoms with E-state index >= 15 is 0 Å². The number of carbonyl (C=O) groups is 1. The Morgan fingerprint density at radius 3 is 2.76 bits per heavy atom. The maximum atomic E-state index is 13.8. The van der Waals surface area contributed by atoms with Crippen LogP contribution in [0.25, 0.3) is 11.0 Å². The molecule has 7 nitrogen and oxygen atoms in total. The highest BCUT2D eigenvalue weighted by molar-refractivity contribution is 7.98. The molecule has 9 heteroatoms. The van der Waals surface area contributed by atoms with Crippen LogP contribution < -0.4 is 10.2 Å². The summed E-state index contributed by atoms with van der Waals surface area (Å²) < 4.78 is 15.5. The van der Waals surface area contributed by atoms with Crippen LogP contribution in [0.15, 0.2) is 35.6 Å². The second-order valence-electron chi connectivity index (χ2n) is 6.92. The van der Waals surface area contributed by atoms with E-state index in [1.54, 1.807) is 23.0 Å². The van der Waals surface area contributed by atoms with Gasteiger partial charge in [-0.1, -0.05) is 23.9 Å². The third kappa shape index (κ3) is 4.19. The predicted octanol–water partition coefficient (Wildman–Crippen LogP) is 3.11. The first kappa shape index (κ1) is 19.6. The predicted molar refractivity (Wildman–Crippen MR) is 112 cm³/mol. The van der Waals surface area contributed by atoms with Gasteiger partial charge in [0.1, 0.15) is 11.6 Å². The molecule has 1 aliphatic heterocycles. The van der Waals surface area contributed by atoms with Crippen molar-refractivity contribution in [2.45, 2.75) is 31.0 Å². The van der Waals surface area contributed by atoms with Crippen LogP contribution in [0.4, 0.5) is 10.2 Å². The highest BCUT2D eigenvalue weighted by Gasteiger charge is 2.19. The molecule has 29 heavy (non-hydrogen) atoms. The van der Waals surface area contributed by atoms with Crippen LogP contribution in [0.1, 0.15) is 29.6 Å². The Balaban J connectivity index is 1.52. The van der Waals surface area contributed by atoms with Gasteiger partial charge in [-0.05, 0) is 37.7 Å². The molecule has 4 rings (SSSR count). The lowest BCUT2D eigenvalue weighted by atomic mass is 10.1. The van der Waals surface area contributed by atoms with Crippen LogP contribution in [-0.4, -0.2) is 51.5 Å². The molecule has 1 amide bonds. The topological polar surface area (TPSA) is 75.9 Å². The molecule has 1 fully saturated rings. The fourth-order valence-corrected chi connectivity index (χ4v) is 3.89. The Kier molecular flexibility index (Phi) is 5.94. The quantitative estimate of drug-likeness (QED) is 0.493. The van der Waals surface area contributed by atoms with E-state index in [1.807, 2.05) is 6.26 Å². The van der Waals surface area contributed by atoms with Crippen molar-refractivity contribution in [3.05, 3.63) is 41.8 Å². The number of benzene rings is 1. The number of piperidine rings is 1. The SMILES string of the molecule is CSc1nc(N2CCCCC2)c2cnn(CCNC(=O)c3ccccc3F)c2n1. The second-order valence-corrected chi connectivity index (χ2v) is 7.70. The number of rotatable bonds is 6. The highest BCUT2D eigenvalue weighted by atomic mass is 32.2. The lowest BCUT2D eigenvalue weighted by Gasteiger charge is -2.28. The summed E-state index contributed by atoms with van der Waals surface area (Å²) >= 11 is 1.50. The zero-order valence-electron chi connectivity index (χ0n) is 16.3. The number of fused-ring (bicyclic) bond motifs is 1. The van der Waals surface area contributed by atoms with Crippen molar-refractivity contribution < 1.29 is 9.18 Å². The van der Waals surface area contributed by atoms with Crippen LogP contribution in [-0.2, 0) is 6.54 Å². The molecule has 0 unspecified atom stereocenters. The van der Waals surface area contributed by atoms with Crippen molar-refractivity contribution in [3.63, 3.8) is 0 Å². The van der Waals surface area contributed by atoms with Gasteiger partial charge in [0.2, 0.25) is 0 Å². The summed E-state index contributed by atoms with van der Waals surface area (Å²) in [5, 5.41) is 8.84. The van der Waals surface area contributed by atoms with Gasteiger partial charge in [-0.2, -0.15) is 5.10 Å². The molecule has 1 saturated heterocycles. The van der Waals surface area contributed by atoms with Crippen molar-refractivity contribution in [3.8, 4) is 0 Å². The zero-order chi connectivity index (χ0) is 20.2. The van der Waals surface area contributed by atoms with E-state index in [-0.39, 0.29) is 5.56 Å². The van der Waals surface area contributed by atoms with Crippen LogP contribution in [0.2, 0.25) is 0 Å². The fourth-order valence-electron chi connectivity index (χ4n) is 3.54. The molecule has 152 valence electrons. The maximum Gasteiger partial charge on any atom is 0.254 e. The molecule has 1 aliphatic rings. The summed E-state index contributed by atoms with van der Waals surface area (Å²) in [6.45, 7) is 2.74. The van der Waals surface area contributed by atoms with Gasteiger partial charge in [0.25, 0.3) is 5.91 Å². The molecule has 0 spiro atoms. The summed E-state index contributed by atoms with van der Waals surface area (Å²) in [6, 6.07) is 5.95. The number of nitrogens with zero attached hydrogens (tertiary/aromatic N) is 5. The molecular weight excluding hydrogens is 391 g/mol. The van der Waals surface area contributed by atoms with Crippen LogP contribution in [0.3, 0.4) is 0 Å². The highest BCUT2D eigenvalue weighted by Crippen LogP contribution is 2.28. The number of halogens is 1. The minimum Gasteiger partial charge on any atom is -0.356 e. The zero-order valence-corrected chi connectivity index (χ0v) is 17.1. The van der Waals surface area contributed by atoms with E-state index in [0.717, 1.165) is 42.8 Å². The van der Waals surface area contributed by atoms with E-state index in [0.29, 0.717) is 18.2 Å². The van der Waals surface area contributed by atoms with Gasteiger partial charge in [-0.25, -0.2) is 19.0 Å². The molecule has 0 saturated carbocycles. The number of anilines is 1. The maximum absolute atomic E-state index is 13.8. The summed E-state index contributed by atoms with van der Waals surface area (Å²) in [7, 11) is 0. The smallest absolute Gasteiger partial charge is 0.254 e. The molecule has 0 radical (unpaired) electrons. The van der Waals surface area contributed by atoms with Gasteiger partial charge in [-0.15, -0.1) is 0 Å². The first-order valence-electron chi connectivity index (χ1n) is 9.72. The van der Waals surface area contributed by atoms with Crippen molar-refractivity contribution in [2.75, 3.05) is 30.8 Å². The number of carbonyl (C=O) groups excluding carboxylic acids is 1. The Morgan fingerprint density at radius 1 is 1.21 bits per heavy atom. The van der Waals surface area contributed by atoms with E-state index in [9.17, 15) is 9.18 Å². The molecule has 3 heterocycles. The second kappa shape index (κ2) is 8.77. The minimum absolute atomic E-state index is 0.0391. The van der Waals surface area contributed by atoms with E-state index in [4.69, 9.17) is 4.98 Å². The average molecular weight is 415 g/mol. The van der Waals surface area contributed by atoms with Gasteiger partial charge in [0, 0.05) is 19.6 Å². The molecular formula is C20H23FN6OS. The largest absolute Gasteiger partial charge is 0.356 e. The molecule has 1 N–H and O–H groups in total. The number of nitrogens with one attached hydrogen (secondary N) is 1. The standard InChI is InChI=1S/C20H23FN6OS/c1-29-20-24-17(26-10-5-2-6-11-26)15-13-23-27(18(15)25-20)12-9-22-19(28)14-7-3-4-8-16(14)21/h3-4,7-8,13H,2,5-6,9-12H2,1H3,(H,22,28).